The minimum absolute atomic E-state index is 0.142. The quantitative estimate of drug-likeness (QED) is 0.743. The molecule has 1 heterocycles. The van der Waals surface area contributed by atoms with E-state index in [-0.39, 0.29) is 11.8 Å². The number of nitrogen functional groups attached to an aromatic ring is 3. The molecule has 1 aliphatic carbocycles. The molecular formula is C13H15N5. The molecule has 0 radical (unpaired) electrons. The average Bonchev–Trinajstić information content (AvgIpc) is 3.18. The third-order valence-electron chi connectivity index (χ3n) is 3.23. The van der Waals surface area contributed by atoms with Crippen molar-refractivity contribution in [2.75, 3.05) is 17.2 Å². The Bertz CT molecular complexity index is 587. The van der Waals surface area contributed by atoms with Crippen molar-refractivity contribution in [2.45, 2.75) is 18.8 Å². The summed E-state index contributed by atoms with van der Waals surface area (Å²) in [6.07, 6.45) is 2.57. The van der Waals surface area contributed by atoms with Gasteiger partial charge in [0, 0.05) is 5.56 Å². The second-order valence-electron chi connectivity index (χ2n) is 4.63. The monoisotopic (exact) mass is 241 g/mol. The van der Waals surface area contributed by atoms with Crippen molar-refractivity contribution in [2.24, 2.45) is 0 Å². The molecular weight excluding hydrogens is 226 g/mol. The molecule has 1 saturated carbocycles. The largest absolute Gasteiger partial charge is 0.394 e. The molecule has 5 heteroatoms. The molecule has 2 aromatic rings. The summed E-state index contributed by atoms with van der Waals surface area (Å²) in [5.74, 6) is 1.10. The highest BCUT2D eigenvalue weighted by Gasteiger charge is 2.23. The van der Waals surface area contributed by atoms with Gasteiger partial charge >= 0.3 is 0 Å². The zero-order valence-electron chi connectivity index (χ0n) is 9.93. The Labute approximate surface area is 105 Å². The fourth-order valence-electron chi connectivity index (χ4n) is 2.05. The number of hydrogen-bond donors (Lipinski definition) is 3. The number of rotatable bonds is 2. The fraction of sp³-hybridized carbons (Fsp3) is 0.231. The molecule has 3 rings (SSSR count). The van der Waals surface area contributed by atoms with Crippen LogP contribution in [-0.2, 0) is 0 Å². The van der Waals surface area contributed by atoms with E-state index in [0.29, 0.717) is 11.4 Å². The zero-order valence-corrected chi connectivity index (χ0v) is 9.93. The number of nitrogens with zero attached hydrogens (tertiary/aromatic N) is 2. The van der Waals surface area contributed by atoms with Gasteiger partial charge < -0.3 is 17.2 Å². The first-order chi connectivity index (χ1) is 8.65. The SMILES string of the molecule is Nc1nc(N)c(N)c(-c2ccc(C3CC3)cc2)n1. The highest BCUT2D eigenvalue weighted by Crippen LogP contribution is 2.40. The van der Waals surface area contributed by atoms with Gasteiger partial charge in [-0.25, -0.2) is 4.98 Å². The molecule has 6 N–H and O–H groups in total. The fourth-order valence-corrected chi connectivity index (χ4v) is 2.05. The van der Waals surface area contributed by atoms with Gasteiger partial charge in [-0.1, -0.05) is 24.3 Å². The van der Waals surface area contributed by atoms with Gasteiger partial charge in [-0.2, -0.15) is 4.98 Å². The average molecular weight is 241 g/mol. The summed E-state index contributed by atoms with van der Waals surface area (Å²) >= 11 is 0. The number of aromatic nitrogens is 2. The van der Waals surface area contributed by atoms with Gasteiger partial charge in [0.05, 0.1) is 0 Å². The van der Waals surface area contributed by atoms with Crippen LogP contribution in [0.5, 0.6) is 0 Å². The molecule has 0 amide bonds. The maximum Gasteiger partial charge on any atom is 0.222 e. The Morgan fingerprint density at radius 3 is 2.22 bits per heavy atom. The van der Waals surface area contributed by atoms with Gasteiger partial charge in [0.25, 0.3) is 0 Å². The van der Waals surface area contributed by atoms with Crippen LogP contribution in [-0.4, -0.2) is 9.97 Å². The summed E-state index contributed by atoms with van der Waals surface area (Å²) in [5.41, 5.74) is 20.4. The van der Waals surface area contributed by atoms with Crippen LogP contribution in [0.25, 0.3) is 11.3 Å². The third kappa shape index (κ3) is 1.84. The number of benzene rings is 1. The predicted molar refractivity (Wildman–Crippen MR) is 72.7 cm³/mol. The van der Waals surface area contributed by atoms with Crippen molar-refractivity contribution in [3.63, 3.8) is 0 Å². The van der Waals surface area contributed by atoms with Crippen LogP contribution in [0.15, 0.2) is 24.3 Å². The van der Waals surface area contributed by atoms with Crippen LogP contribution < -0.4 is 17.2 Å². The van der Waals surface area contributed by atoms with Crippen molar-refractivity contribution >= 4 is 17.5 Å². The van der Waals surface area contributed by atoms with Gasteiger partial charge in [-0.05, 0) is 24.3 Å². The van der Waals surface area contributed by atoms with Crippen LogP contribution in [0.4, 0.5) is 17.5 Å². The van der Waals surface area contributed by atoms with Crippen LogP contribution in [0.3, 0.4) is 0 Å². The Morgan fingerprint density at radius 1 is 0.944 bits per heavy atom. The first-order valence-electron chi connectivity index (χ1n) is 5.94. The standard InChI is InChI=1S/C13H15N5/c14-10-11(17-13(16)18-12(10)15)9-5-3-8(4-6-9)7-1-2-7/h3-7H,1-2,14H2,(H4,15,16,17,18). The maximum atomic E-state index is 5.89. The first kappa shape index (κ1) is 10.8. The summed E-state index contributed by atoms with van der Waals surface area (Å²) in [4.78, 5) is 7.99. The highest BCUT2D eigenvalue weighted by molar-refractivity contribution is 5.80. The number of nitrogens with two attached hydrogens (primary N) is 3. The topological polar surface area (TPSA) is 104 Å². The Hall–Kier alpha value is -2.30. The molecule has 0 bridgehead atoms. The minimum atomic E-state index is 0.142. The van der Waals surface area contributed by atoms with Crippen molar-refractivity contribution in [1.82, 2.24) is 9.97 Å². The van der Waals surface area contributed by atoms with E-state index in [1.165, 1.54) is 18.4 Å². The molecule has 0 aliphatic heterocycles. The highest BCUT2D eigenvalue weighted by atomic mass is 15.1. The lowest BCUT2D eigenvalue weighted by Crippen LogP contribution is -2.06. The molecule has 0 saturated heterocycles. The lowest BCUT2D eigenvalue weighted by molar-refractivity contribution is 1.13. The summed E-state index contributed by atoms with van der Waals surface area (Å²) in [7, 11) is 0. The third-order valence-corrected chi connectivity index (χ3v) is 3.23. The minimum Gasteiger partial charge on any atom is -0.394 e. The van der Waals surface area contributed by atoms with Gasteiger partial charge in [0.15, 0.2) is 5.82 Å². The molecule has 18 heavy (non-hydrogen) atoms. The van der Waals surface area contributed by atoms with E-state index in [2.05, 4.69) is 22.1 Å². The van der Waals surface area contributed by atoms with Crippen molar-refractivity contribution < 1.29 is 0 Å². The second-order valence-corrected chi connectivity index (χ2v) is 4.63. The smallest absolute Gasteiger partial charge is 0.222 e. The van der Waals surface area contributed by atoms with E-state index in [0.717, 1.165) is 11.5 Å². The summed E-state index contributed by atoms with van der Waals surface area (Å²) in [6, 6.07) is 8.23. The first-order valence-corrected chi connectivity index (χ1v) is 5.94. The predicted octanol–water partition coefficient (Wildman–Crippen LogP) is 1.77. The second kappa shape index (κ2) is 3.87. The molecule has 92 valence electrons. The van der Waals surface area contributed by atoms with Gasteiger partial charge in [0.1, 0.15) is 11.4 Å². The summed E-state index contributed by atoms with van der Waals surface area (Å²) in [5, 5.41) is 0. The molecule has 1 aliphatic rings. The summed E-state index contributed by atoms with van der Waals surface area (Å²) < 4.78 is 0. The molecule has 1 aromatic carbocycles. The molecule has 0 unspecified atom stereocenters. The normalized spacial score (nSPS) is 14.7. The Morgan fingerprint density at radius 2 is 1.61 bits per heavy atom. The lowest BCUT2D eigenvalue weighted by Gasteiger charge is -2.08. The zero-order chi connectivity index (χ0) is 12.7. The maximum absolute atomic E-state index is 5.89. The Kier molecular flexibility index (Phi) is 2.33. The Balaban J connectivity index is 2.03. The van der Waals surface area contributed by atoms with Crippen molar-refractivity contribution in [1.29, 1.82) is 0 Å². The number of anilines is 3. The van der Waals surface area contributed by atoms with Crippen LogP contribution in [0.2, 0.25) is 0 Å². The van der Waals surface area contributed by atoms with Crippen LogP contribution >= 0.6 is 0 Å². The van der Waals surface area contributed by atoms with Crippen LogP contribution in [0, 0.1) is 0 Å². The lowest BCUT2D eigenvalue weighted by atomic mass is 10.1. The van der Waals surface area contributed by atoms with E-state index >= 15 is 0 Å². The van der Waals surface area contributed by atoms with Crippen molar-refractivity contribution in [3.8, 4) is 11.3 Å². The van der Waals surface area contributed by atoms with E-state index in [1.54, 1.807) is 0 Å². The molecule has 1 aromatic heterocycles. The molecule has 5 nitrogen and oxygen atoms in total. The molecule has 0 atom stereocenters. The van der Waals surface area contributed by atoms with Gasteiger partial charge in [0.2, 0.25) is 5.95 Å². The van der Waals surface area contributed by atoms with E-state index in [1.807, 2.05) is 12.1 Å². The van der Waals surface area contributed by atoms with Gasteiger partial charge in [-0.15, -0.1) is 0 Å². The molecule has 0 spiro atoms. The molecule has 1 fully saturated rings. The van der Waals surface area contributed by atoms with Crippen LogP contribution in [0.1, 0.15) is 24.3 Å². The van der Waals surface area contributed by atoms with E-state index in [4.69, 9.17) is 17.2 Å². The van der Waals surface area contributed by atoms with E-state index < -0.39 is 0 Å². The van der Waals surface area contributed by atoms with Crippen molar-refractivity contribution in [3.05, 3.63) is 29.8 Å². The number of hydrogen-bond acceptors (Lipinski definition) is 5. The van der Waals surface area contributed by atoms with Gasteiger partial charge in [-0.3, -0.25) is 0 Å². The summed E-state index contributed by atoms with van der Waals surface area (Å²) in [6.45, 7) is 0. The van der Waals surface area contributed by atoms with E-state index in [9.17, 15) is 0 Å².